The molecule has 8 heteroatoms. The molecule has 1 saturated heterocycles. The fraction of sp³-hybridized carbons (Fsp3) is 0.545. The third-order valence-corrected chi connectivity index (χ3v) is 3.39. The van der Waals surface area contributed by atoms with Gasteiger partial charge in [-0.15, -0.1) is 0 Å². The van der Waals surface area contributed by atoms with Crippen molar-refractivity contribution in [1.82, 2.24) is 15.2 Å². The molecule has 1 aromatic heterocycles. The summed E-state index contributed by atoms with van der Waals surface area (Å²) in [4.78, 5) is 16.9. The molecule has 0 radical (unpaired) electrons. The number of nitro groups is 1. The molecule has 0 spiro atoms. The molecule has 0 saturated carbocycles. The van der Waals surface area contributed by atoms with Crippen LogP contribution in [0.15, 0.2) is 16.7 Å². The van der Waals surface area contributed by atoms with Crippen LogP contribution in [-0.4, -0.2) is 54.1 Å². The van der Waals surface area contributed by atoms with Gasteiger partial charge in [0.05, 0.1) is 4.92 Å². The van der Waals surface area contributed by atoms with Crippen LogP contribution >= 0.6 is 15.9 Å². The molecule has 0 amide bonds. The number of hydrogen-bond donors (Lipinski definition) is 2. The topological polar surface area (TPSA) is 83.3 Å². The third kappa shape index (κ3) is 4.12. The maximum absolute atomic E-state index is 10.9. The van der Waals surface area contributed by atoms with Gasteiger partial charge < -0.3 is 10.6 Å². The van der Waals surface area contributed by atoms with Crippen molar-refractivity contribution in [3.8, 4) is 0 Å². The average Bonchev–Trinajstić information content (AvgIpc) is 2.41. The van der Waals surface area contributed by atoms with Crippen LogP contribution in [0.25, 0.3) is 0 Å². The van der Waals surface area contributed by atoms with Crippen molar-refractivity contribution < 1.29 is 4.92 Å². The zero-order valence-electron chi connectivity index (χ0n) is 10.4. The molecule has 1 aromatic rings. The molecule has 2 rings (SSSR count). The number of piperazine rings is 1. The van der Waals surface area contributed by atoms with E-state index in [0.29, 0.717) is 16.8 Å². The van der Waals surface area contributed by atoms with Crippen LogP contribution in [-0.2, 0) is 0 Å². The molecule has 7 nitrogen and oxygen atoms in total. The Morgan fingerprint density at radius 2 is 2.26 bits per heavy atom. The number of pyridine rings is 1. The summed E-state index contributed by atoms with van der Waals surface area (Å²) in [6.45, 7) is 5.52. The highest BCUT2D eigenvalue weighted by Gasteiger charge is 2.16. The second-order valence-electron chi connectivity index (χ2n) is 4.30. The Labute approximate surface area is 119 Å². The largest absolute Gasteiger partial charge is 0.363 e. The third-order valence-electron chi connectivity index (χ3n) is 2.96. The first-order chi connectivity index (χ1) is 9.16. The van der Waals surface area contributed by atoms with Crippen LogP contribution in [0.1, 0.15) is 0 Å². The maximum atomic E-state index is 10.9. The molecule has 0 aromatic carbocycles. The molecule has 19 heavy (non-hydrogen) atoms. The standard InChI is InChI=1S/C11H16BrN5O2/c12-9-7-10(17(18)19)11(15-8-9)14-3-6-16-4-1-13-2-5-16/h7-8,13H,1-6H2,(H,14,15). The van der Waals surface area contributed by atoms with Crippen LogP contribution in [0.3, 0.4) is 0 Å². The first-order valence-electron chi connectivity index (χ1n) is 6.13. The lowest BCUT2D eigenvalue weighted by molar-refractivity contribution is -0.384. The quantitative estimate of drug-likeness (QED) is 0.621. The van der Waals surface area contributed by atoms with Gasteiger partial charge in [-0.25, -0.2) is 4.98 Å². The lowest BCUT2D eigenvalue weighted by Crippen LogP contribution is -2.45. The Morgan fingerprint density at radius 1 is 1.53 bits per heavy atom. The Balaban J connectivity index is 1.89. The summed E-state index contributed by atoms with van der Waals surface area (Å²) < 4.78 is 0.604. The van der Waals surface area contributed by atoms with E-state index < -0.39 is 4.92 Å². The summed E-state index contributed by atoms with van der Waals surface area (Å²) in [7, 11) is 0. The molecule has 0 unspecified atom stereocenters. The van der Waals surface area contributed by atoms with Crippen molar-refractivity contribution in [3.05, 3.63) is 26.9 Å². The van der Waals surface area contributed by atoms with Crippen molar-refractivity contribution in [2.75, 3.05) is 44.6 Å². The van der Waals surface area contributed by atoms with Crippen molar-refractivity contribution >= 4 is 27.4 Å². The van der Waals surface area contributed by atoms with E-state index in [1.165, 1.54) is 6.07 Å². The van der Waals surface area contributed by atoms with E-state index in [1.54, 1.807) is 6.20 Å². The molecule has 2 heterocycles. The van der Waals surface area contributed by atoms with Crippen LogP contribution < -0.4 is 10.6 Å². The van der Waals surface area contributed by atoms with Gasteiger partial charge >= 0.3 is 5.69 Å². The van der Waals surface area contributed by atoms with Crippen molar-refractivity contribution in [1.29, 1.82) is 0 Å². The van der Waals surface area contributed by atoms with Gasteiger partial charge in [-0.2, -0.15) is 0 Å². The van der Waals surface area contributed by atoms with E-state index in [2.05, 4.69) is 36.4 Å². The van der Waals surface area contributed by atoms with Gasteiger partial charge in [-0.1, -0.05) is 0 Å². The lowest BCUT2D eigenvalue weighted by atomic mass is 10.3. The average molecular weight is 330 g/mol. The summed E-state index contributed by atoms with van der Waals surface area (Å²) >= 11 is 3.19. The van der Waals surface area contributed by atoms with E-state index in [9.17, 15) is 10.1 Å². The van der Waals surface area contributed by atoms with E-state index in [-0.39, 0.29) is 5.69 Å². The molecule has 104 valence electrons. The Bertz CT molecular complexity index is 451. The predicted octanol–water partition coefficient (Wildman–Crippen LogP) is 1.07. The second kappa shape index (κ2) is 6.78. The molecular weight excluding hydrogens is 314 g/mol. The number of anilines is 1. The summed E-state index contributed by atoms with van der Waals surface area (Å²) in [5.74, 6) is 0.323. The van der Waals surface area contributed by atoms with Gasteiger partial charge in [-0.05, 0) is 15.9 Å². The van der Waals surface area contributed by atoms with Gasteiger partial charge in [0, 0.05) is 56.0 Å². The molecule has 0 atom stereocenters. The highest BCUT2D eigenvalue weighted by atomic mass is 79.9. The molecule has 1 aliphatic rings. The minimum absolute atomic E-state index is 0.00492. The van der Waals surface area contributed by atoms with Gasteiger partial charge in [0.1, 0.15) is 0 Å². The van der Waals surface area contributed by atoms with Crippen LogP contribution in [0.5, 0.6) is 0 Å². The predicted molar refractivity (Wildman–Crippen MR) is 76.4 cm³/mol. The number of aromatic nitrogens is 1. The van der Waals surface area contributed by atoms with E-state index in [1.807, 2.05) is 0 Å². The van der Waals surface area contributed by atoms with E-state index in [0.717, 1.165) is 32.7 Å². The highest BCUT2D eigenvalue weighted by Crippen LogP contribution is 2.24. The second-order valence-corrected chi connectivity index (χ2v) is 5.21. The zero-order chi connectivity index (χ0) is 13.7. The number of nitrogens with one attached hydrogen (secondary N) is 2. The molecule has 0 aliphatic carbocycles. The van der Waals surface area contributed by atoms with Gasteiger partial charge in [0.25, 0.3) is 0 Å². The van der Waals surface area contributed by atoms with Crippen molar-refractivity contribution in [2.45, 2.75) is 0 Å². The summed E-state index contributed by atoms with van der Waals surface area (Å²) in [5.41, 5.74) is -0.00492. The van der Waals surface area contributed by atoms with Gasteiger partial charge in [-0.3, -0.25) is 15.0 Å². The number of nitrogens with zero attached hydrogens (tertiary/aromatic N) is 3. The molecule has 1 fully saturated rings. The van der Waals surface area contributed by atoms with Crippen molar-refractivity contribution in [3.63, 3.8) is 0 Å². The Kier molecular flexibility index (Phi) is 5.06. The lowest BCUT2D eigenvalue weighted by Gasteiger charge is -2.27. The molecular formula is C11H16BrN5O2. The highest BCUT2D eigenvalue weighted by molar-refractivity contribution is 9.10. The van der Waals surface area contributed by atoms with Crippen molar-refractivity contribution in [2.24, 2.45) is 0 Å². The monoisotopic (exact) mass is 329 g/mol. The Morgan fingerprint density at radius 3 is 2.95 bits per heavy atom. The van der Waals surface area contributed by atoms with E-state index in [4.69, 9.17) is 0 Å². The van der Waals surface area contributed by atoms with Crippen LogP contribution in [0.4, 0.5) is 11.5 Å². The summed E-state index contributed by atoms with van der Waals surface area (Å²) in [6.07, 6.45) is 1.56. The number of hydrogen-bond acceptors (Lipinski definition) is 6. The summed E-state index contributed by atoms with van der Waals surface area (Å²) in [5, 5.41) is 17.2. The molecule has 1 aliphatic heterocycles. The molecule has 0 bridgehead atoms. The first kappa shape index (κ1) is 14.2. The van der Waals surface area contributed by atoms with Crippen LogP contribution in [0, 0.1) is 10.1 Å². The Hall–Kier alpha value is -1.25. The fourth-order valence-electron chi connectivity index (χ4n) is 1.97. The van der Waals surface area contributed by atoms with Crippen LogP contribution in [0.2, 0.25) is 0 Å². The normalized spacial score (nSPS) is 16.3. The van der Waals surface area contributed by atoms with E-state index >= 15 is 0 Å². The maximum Gasteiger partial charge on any atom is 0.312 e. The molecule has 2 N–H and O–H groups in total. The van der Waals surface area contributed by atoms with Gasteiger partial charge in [0.15, 0.2) is 0 Å². The van der Waals surface area contributed by atoms with Gasteiger partial charge in [0.2, 0.25) is 5.82 Å². The number of halogens is 1. The smallest absolute Gasteiger partial charge is 0.312 e. The minimum Gasteiger partial charge on any atom is -0.363 e. The summed E-state index contributed by atoms with van der Waals surface area (Å²) in [6, 6.07) is 1.46. The SMILES string of the molecule is O=[N+]([O-])c1cc(Br)cnc1NCCN1CCNCC1. The first-order valence-corrected chi connectivity index (χ1v) is 6.93. The zero-order valence-corrected chi connectivity index (χ0v) is 12.0. The number of rotatable bonds is 5. The fourth-order valence-corrected chi connectivity index (χ4v) is 2.29. The minimum atomic E-state index is -0.426.